The Morgan fingerprint density at radius 1 is 0.966 bits per heavy atom. The Balaban J connectivity index is 1.45. The minimum absolute atomic E-state index is 0.0313. The van der Waals surface area contributed by atoms with Gasteiger partial charge in [-0.1, -0.05) is 18.2 Å². The van der Waals surface area contributed by atoms with E-state index in [0.717, 1.165) is 50.7 Å². The van der Waals surface area contributed by atoms with Crippen LogP contribution in [0.5, 0.6) is 0 Å². The second-order valence-electron chi connectivity index (χ2n) is 7.81. The first kappa shape index (κ1) is 19.9. The molecule has 154 valence electrons. The third-order valence-corrected chi connectivity index (χ3v) is 5.82. The maximum Gasteiger partial charge on any atom is 0.433 e. The largest absolute Gasteiger partial charge is 0.433 e. The topological polar surface area (TPSA) is 36.4 Å². The zero-order valence-electron chi connectivity index (χ0n) is 16.2. The summed E-state index contributed by atoms with van der Waals surface area (Å²) in [6.45, 7) is 3.96. The van der Waals surface area contributed by atoms with Crippen molar-refractivity contribution in [2.75, 3.05) is 26.2 Å². The Kier molecular flexibility index (Phi) is 5.58. The summed E-state index contributed by atoms with van der Waals surface area (Å²) < 4.78 is 38.0. The number of benzene rings is 1. The van der Waals surface area contributed by atoms with Gasteiger partial charge in [-0.3, -0.25) is 9.78 Å². The lowest BCUT2D eigenvalue weighted by atomic mass is 10.0. The molecular formula is C22H24F3N3O. The number of carbonyl (C=O) groups is 1. The molecule has 1 atom stereocenters. The minimum Gasteiger partial charge on any atom is -0.334 e. The van der Waals surface area contributed by atoms with Crippen LogP contribution in [-0.2, 0) is 6.18 Å². The quantitative estimate of drug-likeness (QED) is 0.756. The molecule has 0 saturated carbocycles. The maximum atomic E-state index is 13.0. The number of carbonyl (C=O) groups excluding carboxylic acids is 1. The highest BCUT2D eigenvalue weighted by atomic mass is 19.4. The van der Waals surface area contributed by atoms with Crippen LogP contribution >= 0.6 is 0 Å². The van der Waals surface area contributed by atoms with Crippen LogP contribution in [0.15, 0.2) is 42.6 Å². The first-order valence-electron chi connectivity index (χ1n) is 10.1. The molecule has 29 heavy (non-hydrogen) atoms. The molecule has 4 rings (SSSR count). The standard InChI is InChI=1S/C22H24F3N3O/c23-22(24,25)20-10-9-18(14-26-20)16-5-7-17(8-6-16)21(29)28-13-3-4-19(28)15-27-11-1-2-12-27/h5-10,14,19H,1-4,11-13,15H2/t19-/m0/s1. The molecule has 7 heteroatoms. The fraction of sp³-hybridized carbons (Fsp3) is 0.455. The van der Waals surface area contributed by atoms with Crippen LogP contribution in [0.2, 0.25) is 0 Å². The van der Waals surface area contributed by atoms with Gasteiger partial charge in [-0.15, -0.1) is 0 Å². The number of alkyl halides is 3. The van der Waals surface area contributed by atoms with E-state index in [9.17, 15) is 18.0 Å². The zero-order valence-corrected chi connectivity index (χ0v) is 16.2. The van der Waals surface area contributed by atoms with Crippen molar-refractivity contribution in [3.63, 3.8) is 0 Å². The summed E-state index contributed by atoms with van der Waals surface area (Å²) in [6.07, 6.45) is 1.31. The zero-order chi connectivity index (χ0) is 20.4. The predicted octanol–water partition coefficient (Wildman–Crippen LogP) is 4.47. The predicted molar refractivity (Wildman–Crippen MR) is 104 cm³/mol. The molecule has 1 aromatic carbocycles. The summed E-state index contributed by atoms with van der Waals surface area (Å²) in [5.41, 5.74) is 1.02. The van der Waals surface area contributed by atoms with Gasteiger partial charge in [0.2, 0.25) is 0 Å². The second kappa shape index (κ2) is 8.14. The highest BCUT2D eigenvalue weighted by Crippen LogP contribution is 2.29. The molecule has 3 heterocycles. The first-order valence-corrected chi connectivity index (χ1v) is 10.1. The van der Waals surface area contributed by atoms with Crippen LogP contribution in [0, 0.1) is 0 Å². The number of nitrogens with zero attached hydrogens (tertiary/aromatic N) is 3. The van der Waals surface area contributed by atoms with Crippen molar-refractivity contribution >= 4 is 5.91 Å². The number of hydrogen-bond acceptors (Lipinski definition) is 3. The minimum atomic E-state index is -4.45. The Labute approximate surface area is 168 Å². The molecular weight excluding hydrogens is 379 g/mol. The Morgan fingerprint density at radius 2 is 1.66 bits per heavy atom. The van der Waals surface area contributed by atoms with Crippen molar-refractivity contribution in [3.05, 3.63) is 53.9 Å². The highest BCUT2D eigenvalue weighted by molar-refractivity contribution is 5.95. The molecule has 1 aromatic heterocycles. The van der Waals surface area contributed by atoms with Gasteiger partial charge in [-0.25, -0.2) is 0 Å². The van der Waals surface area contributed by atoms with E-state index in [0.29, 0.717) is 11.1 Å². The van der Waals surface area contributed by atoms with E-state index in [1.54, 1.807) is 24.3 Å². The summed E-state index contributed by atoms with van der Waals surface area (Å²) in [6, 6.07) is 9.67. The third-order valence-electron chi connectivity index (χ3n) is 5.82. The molecule has 4 nitrogen and oxygen atoms in total. The smallest absolute Gasteiger partial charge is 0.334 e. The van der Waals surface area contributed by atoms with E-state index in [1.165, 1.54) is 25.1 Å². The monoisotopic (exact) mass is 403 g/mol. The number of rotatable bonds is 4. The lowest BCUT2D eigenvalue weighted by Gasteiger charge is -2.28. The number of halogens is 3. The van der Waals surface area contributed by atoms with Gasteiger partial charge in [0, 0.05) is 36.5 Å². The van der Waals surface area contributed by atoms with Crippen LogP contribution < -0.4 is 0 Å². The maximum absolute atomic E-state index is 13.0. The van der Waals surface area contributed by atoms with Gasteiger partial charge >= 0.3 is 6.18 Å². The van der Waals surface area contributed by atoms with E-state index in [2.05, 4.69) is 9.88 Å². The van der Waals surface area contributed by atoms with Gasteiger partial charge in [0.25, 0.3) is 5.91 Å². The molecule has 2 fully saturated rings. The average molecular weight is 403 g/mol. The van der Waals surface area contributed by atoms with Gasteiger partial charge < -0.3 is 9.80 Å². The van der Waals surface area contributed by atoms with Crippen LogP contribution in [0.1, 0.15) is 41.7 Å². The van der Waals surface area contributed by atoms with Gasteiger partial charge in [-0.2, -0.15) is 13.2 Å². The highest BCUT2D eigenvalue weighted by Gasteiger charge is 2.32. The molecule has 2 aliphatic heterocycles. The summed E-state index contributed by atoms with van der Waals surface area (Å²) >= 11 is 0. The van der Waals surface area contributed by atoms with Crippen molar-refractivity contribution in [2.24, 2.45) is 0 Å². The van der Waals surface area contributed by atoms with Gasteiger partial charge in [0.15, 0.2) is 0 Å². The van der Waals surface area contributed by atoms with Crippen molar-refractivity contribution in [2.45, 2.75) is 37.9 Å². The van der Waals surface area contributed by atoms with Crippen LogP contribution in [-0.4, -0.2) is 52.9 Å². The SMILES string of the molecule is O=C(c1ccc(-c2ccc(C(F)(F)F)nc2)cc1)N1CCC[C@H]1CN1CCCC1. The van der Waals surface area contributed by atoms with Crippen molar-refractivity contribution < 1.29 is 18.0 Å². The van der Waals surface area contributed by atoms with Crippen molar-refractivity contribution in [1.82, 2.24) is 14.8 Å². The molecule has 1 amide bonds. The molecule has 0 spiro atoms. The lowest BCUT2D eigenvalue weighted by molar-refractivity contribution is -0.141. The van der Waals surface area contributed by atoms with Gasteiger partial charge in [0.1, 0.15) is 5.69 Å². The number of hydrogen-bond donors (Lipinski definition) is 0. The Morgan fingerprint density at radius 3 is 2.28 bits per heavy atom. The summed E-state index contributed by atoms with van der Waals surface area (Å²) in [4.78, 5) is 20.9. The van der Waals surface area contributed by atoms with Crippen LogP contribution in [0.4, 0.5) is 13.2 Å². The molecule has 0 N–H and O–H groups in total. The summed E-state index contributed by atoms with van der Waals surface area (Å²) in [7, 11) is 0. The Bertz CT molecular complexity index is 843. The second-order valence-corrected chi connectivity index (χ2v) is 7.81. The molecule has 2 aromatic rings. The van der Waals surface area contributed by atoms with Crippen molar-refractivity contribution in [3.8, 4) is 11.1 Å². The van der Waals surface area contributed by atoms with E-state index < -0.39 is 11.9 Å². The number of likely N-dealkylation sites (tertiary alicyclic amines) is 2. The van der Waals surface area contributed by atoms with Crippen molar-refractivity contribution in [1.29, 1.82) is 0 Å². The third kappa shape index (κ3) is 4.45. The van der Waals surface area contributed by atoms with Crippen LogP contribution in [0.3, 0.4) is 0 Å². The van der Waals surface area contributed by atoms with Crippen LogP contribution in [0.25, 0.3) is 11.1 Å². The molecule has 0 bridgehead atoms. The van der Waals surface area contributed by atoms with E-state index in [1.807, 2.05) is 4.90 Å². The number of aromatic nitrogens is 1. The van der Waals surface area contributed by atoms with E-state index in [-0.39, 0.29) is 11.9 Å². The normalized spacial score (nSPS) is 20.4. The first-order chi connectivity index (χ1) is 13.9. The number of amides is 1. The summed E-state index contributed by atoms with van der Waals surface area (Å²) in [5, 5.41) is 0. The molecule has 2 aliphatic rings. The lowest BCUT2D eigenvalue weighted by Crippen LogP contribution is -2.42. The van der Waals surface area contributed by atoms with Gasteiger partial charge in [0.05, 0.1) is 0 Å². The van der Waals surface area contributed by atoms with E-state index in [4.69, 9.17) is 0 Å². The van der Waals surface area contributed by atoms with E-state index >= 15 is 0 Å². The summed E-state index contributed by atoms with van der Waals surface area (Å²) in [5.74, 6) is 0.0313. The molecule has 0 aliphatic carbocycles. The molecule has 0 radical (unpaired) electrons. The average Bonchev–Trinajstić information content (AvgIpc) is 3.39. The van der Waals surface area contributed by atoms with Gasteiger partial charge in [-0.05, 0) is 62.5 Å². The molecule has 0 unspecified atom stereocenters. The fourth-order valence-electron chi connectivity index (χ4n) is 4.26. The number of pyridine rings is 1. The molecule has 2 saturated heterocycles. The fourth-order valence-corrected chi connectivity index (χ4v) is 4.26. The Hall–Kier alpha value is -2.41.